The van der Waals surface area contributed by atoms with Gasteiger partial charge in [0.2, 0.25) is 5.91 Å². The van der Waals surface area contributed by atoms with Crippen LogP contribution in [-0.4, -0.2) is 41.8 Å². The van der Waals surface area contributed by atoms with Gasteiger partial charge in [-0.25, -0.2) is 0 Å². The van der Waals surface area contributed by atoms with Crippen molar-refractivity contribution in [1.82, 2.24) is 15.2 Å². The standard InChI is InChI=1S/C13H20N4O2/c1-3-6-17(9-12(18)15-2)13(19)11-5-4-10(7-14)8-16-11/h4-5,8H,3,6-7,9,14H2,1-2H3,(H,15,18). The van der Waals surface area contributed by atoms with Crippen LogP contribution in [0.2, 0.25) is 0 Å². The van der Waals surface area contributed by atoms with Crippen LogP contribution >= 0.6 is 0 Å². The van der Waals surface area contributed by atoms with Crippen LogP contribution in [-0.2, 0) is 11.3 Å². The van der Waals surface area contributed by atoms with Gasteiger partial charge in [0, 0.05) is 26.3 Å². The molecular formula is C13H20N4O2. The van der Waals surface area contributed by atoms with Crippen molar-refractivity contribution in [1.29, 1.82) is 0 Å². The summed E-state index contributed by atoms with van der Waals surface area (Å²) in [4.78, 5) is 29.2. The van der Waals surface area contributed by atoms with Crippen molar-refractivity contribution in [3.8, 4) is 0 Å². The predicted octanol–water partition coefficient (Wildman–Crippen LogP) is 0.139. The zero-order chi connectivity index (χ0) is 14.3. The summed E-state index contributed by atoms with van der Waals surface area (Å²) in [6.07, 6.45) is 2.36. The highest BCUT2D eigenvalue weighted by Crippen LogP contribution is 2.05. The fourth-order valence-electron chi connectivity index (χ4n) is 1.61. The summed E-state index contributed by atoms with van der Waals surface area (Å²) in [6, 6.07) is 3.40. The van der Waals surface area contributed by atoms with E-state index in [9.17, 15) is 9.59 Å². The van der Waals surface area contributed by atoms with Crippen LogP contribution < -0.4 is 11.1 Å². The Kier molecular flexibility index (Phi) is 5.95. The Morgan fingerprint density at radius 2 is 2.16 bits per heavy atom. The summed E-state index contributed by atoms with van der Waals surface area (Å²) in [5, 5.41) is 2.51. The third-order valence-electron chi connectivity index (χ3n) is 2.67. The summed E-state index contributed by atoms with van der Waals surface area (Å²) in [5.74, 6) is -0.436. The molecule has 0 aromatic carbocycles. The minimum atomic E-state index is -0.242. The molecule has 0 unspecified atom stereocenters. The highest BCUT2D eigenvalue weighted by atomic mass is 16.2. The lowest BCUT2D eigenvalue weighted by Gasteiger charge is -2.20. The molecule has 0 spiro atoms. The van der Waals surface area contributed by atoms with Crippen molar-refractivity contribution < 1.29 is 9.59 Å². The van der Waals surface area contributed by atoms with Gasteiger partial charge in [0.05, 0.1) is 6.54 Å². The number of hydrogen-bond donors (Lipinski definition) is 2. The number of likely N-dealkylation sites (N-methyl/N-ethyl adjacent to an activating group) is 1. The van der Waals surface area contributed by atoms with Crippen molar-refractivity contribution in [3.05, 3.63) is 29.6 Å². The van der Waals surface area contributed by atoms with Gasteiger partial charge in [-0.3, -0.25) is 14.6 Å². The summed E-state index contributed by atoms with van der Waals surface area (Å²) in [7, 11) is 1.55. The number of aromatic nitrogens is 1. The first-order chi connectivity index (χ1) is 9.12. The molecule has 1 aromatic rings. The topological polar surface area (TPSA) is 88.3 Å². The van der Waals surface area contributed by atoms with E-state index in [1.165, 1.54) is 4.90 Å². The number of nitrogens with two attached hydrogens (primary N) is 1. The third-order valence-corrected chi connectivity index (χ3v) is 2.67. The number of amides is 2. The molecule has 6 nitrogen and oxygen atoms in total. The van der Waals surface area contributed by atoms with Gasteiger partial charge in [0.15, 0.2) is 0 Å². The maximum absolute atomic E-state index is 12.2. The van der Waals surface area contributed by atoms with E-state index in [1.807, 2.05) is 6.92 Å². The molecule has 0 fully saturated rings. The molecule has 104 valence electrons. The van der Waals surface area contributed by atoms with Gasteiger partial charge in [-0.15, -0.1) is 0 Å². The van der Waals surface area contributed by atoms with Gasteiger partial charge in [-0.2, -0.15) is 0 Å². The molecule has 0 radical (unpaired) electrons. The van der Waals surface area contributed by atoms with E-state index in [0.717, 1.165) is 12.0 Å². The number of carbonyl (C=O) groups is 2. The van der Waals surface area contributed by atoms with E-state index in [2.05, 4.69) is 10.3 Å². The summed E-state index contributed by atoms with van der Waals surface area (Å²) in [6.45, 7) is 2.91. The van der Waals surface area contributed by atoms with E-state index < -0.39 is 0 Å². The van der Waals surface area contributed by atoms with Crippen molar-refractivity contribution in [3.63, 3.8) is 0 Å². The molecule has 19 heavy (non-hydrogen) atoms. The summed E-state index contributed by atoms with van der Waals surface area (Å²) >= 11 is 0. The highest BCUT2D eigenvalue weighted by molar-refractivity contribution is 5.94. The van der Waals surface area contributed by atoms with Crippen LogP contribution in [0.4, 0.5) is 0 Å². The van der Waals surface area contributed by atoms with Crippen LogP contribution in [0.25, 0.3) is 0 Å². The molecule has 1 aromatic heterocycles. The Hall–Kier alpha value is -1.95. The van der Waals surface area contributed by atoms with Crippen molar-refractivity contribution >= 4 is 11.8 Å². The maximum atomic E-state index is 12.2. The number of nitrogens with one attached hydrogen (secondary N) is 1. The van der Waals surface area contributed by atoms with Crippen molar-refractivity contribution in [2.75, 3.05) is 20.1 Å². The molecule has 6 heteroatoms. The van der Waals surface area contributed by atoms with E-state index >= 15 is 0 Å². The number of pyridine rings is 1. The Morgan fingerprint density at radius 1 is 1.42 bits per heavy atom. The molecule has 0 bridgehead atoms. The van der Waals surface area contributed by atoms with Crippen LogP contribution in [0.5, 0.6) is 0 Å². The second kappa shape index (κ2) is 7.48. The number of hydrogen-bond acceptors (Lipinski definition) is 4. The molecule has 0 saturated carbocycles. The van der Waals surface area contributed by atoms with Gasteiger partial charge < -0.3 is 16.0 Å². The lowest BCUT2D eigenvalue weighted by atomic mass is 10.2. The molecule has 0 aliphatic rings. The lowest BCUT2D eigenvalue weighted by molar-refractivity contribution is -0.121. The van der Waals surface area contributed by atoms with Crippen LogP contribution in [0.3, 0.4) is 0 Å². The summed E-state index contributed by atoms with van der Waals surface area (Å²) < 4.78 is 0. The largest absolute Gasteiger partial charge is 0.358 e. The smallest absolute Gasteiger partial charge is 0.272 e. The van der Waals surface area contributed by atoms with Gasteiger partial charge in [0.1, 0.15) is 5.69 Å². The third kappa shape index (κ3) is 4.33. The maximum Gasteiger partial charge on any atom is 0.272 e. The first-order valence-electron chi connectivity index (χ1n) is 6.27. The SMILES string of the molecule is CCCN(CC(=O)NC)C(=O)c1ccc(CN)cn1. The van der Waals surface area contributed by atoms with Crippen molar-refractivity contribution in [2.45, 2.75) is 19.9 Å². The molecule has 1 rings (SSSR count). The first kappa shape index (κ1) is 15.1. The Bertz CT molecular complexity index is 431. The number of carbonyl (C=O) groups excluding carboxylic acids is 2. The molecule has 3 N–H and O–H groups in total. The van der Waals surface area contributed by atoms with Crippen molar-refractivity contribution in [2.24, 2.45) is 5.73 Å². The normalized spacial score (nSPS) is 10.1. The molecule has 1 heterocycles. The van der Waals surface area contributed by atoms with Crippen LogP contribution in [0.1, 0.15) is 29.4 Å². The molecule has 2 amide bonds. The van der Waals surface area contributed by atoms with Gasteiger partial charge >= 0.3 is 0 Å². The van der Waals surface area contributed by atoms with Gasteiger partial charge in [0.25, 0.3) is 5.91 Å². The van der Waals surface area contributed by atoms with E-state index in [1.54, 1.807) is 25.4 Å². The quantitative estimate of drug-likeness (QED) is 0.765. The second-order valence-corrected chi connectivity index (χ2v) is 4.16. The fraction of sp³-hybridized carbons (Fsp3) is 0.462. The molecule has 0 saturated heterocycles. The lowest BCUT2D eigenvalue weighted by Crippen LogP contribution is -2.40. The van der Waals surface area contributed by atoms with E-state index in [4.69, 9.17) is 5.73 Å². The Morgan fingerprint density at radius 3 is 2.63 bits per heavy atom. The number of rotatable bonds is 6. The van der Waals surface area contributed by atoms with Crippen LogP contribution in [0.15, 0.2) is 18.3 Å². The van der Waals surface area contributed by atoms with Gasteiger partial charge in [-0.1, -0.05) is 13.0 Å². The molecule has 0 aliphatic heterocycles. The average Bonchev–Trinajstić information content (AvgIpc) is 2.46. The van der Waals surface area contributed by atoms with E-state index in [-0.39, 0.29) is 18.4 Å². The predicted molar refractivity (Wildman–Crippen MR) is 72.4 cm³/mol. The minimum absolute atomic E-state index is 0.0451. The van der Waals surface area contributed by atoms with Gasteiger partial charge in [-0.05, 0) is 18.1 Å². The summed E-state index contributed by atoms with van der Waals surface area (Å²) in [5.41, 5.74) is 6.67. The molecular weight excluding hydrogens is 244 g/mol. The Labute approximate surface area is 113 Å². The monoisotopic (exact) mass is 264 g/mol. The zero-order valence-electron chi connectivity index (χ0n) is 11.3. The second-order valence-electron chi connectivity index (χ2n) is 4.16. The van der Waals surface area contributed by atoms with E-state index in [0.29, 0.717) is 18.8 Å². The van der Waals surface area contributed by atoms with Crippen LogP contribution in [0, 0.1) is 0 Å². The first-order valence-corrected chi connectivity index (χ1v) is 6.27. The zero-order valence-corrected chi connectivity index (χ0v) is 11.3. The Balaban J connectivity index is 2.82. The number of nitrogens with zero attached hydrogens (tertiary/aromatic N) is 2. The highest BCUT2D eigenvalue weighted by Gasteiger charge is 2.18. The average molecular weight is 264 g/mol. The minimum Gasteiger partial charge on any atom is -0.358 e. The molecule has 0 atom stereocenters. The molecule has 0 aliphatic carbocycles. The fourth-order valence-corrected chi connectivity index (χ4v) is 1.61.